The lowest BCUT2D eigenvalue weighted by Crippen LogP contribution is -2.03. The van der Waals surface area contributed by atoms with Gasteiger partial charge in [-0.05, 0) is 84.5 Å². The van der Waals surface area contributed by atoms with Crippen molar-refractivity contribution in [3.05, 3.63) is 93.8 Å². The molecule has 31 heavy (non-hydrogen) atoms. The first-order valence-corrected chi connectivity index (χ1v) is 11.4. The SMILES string of the molecule is Cc1cc(OCP(=O)(O)O)cc(C)c1Cc1ccc(O)c(C(O)c2ccc(F)cc2)c1. The zero-order valence-corrected chi connectivity index (χ0v) is 18.0. The molecule has 8 heteroatoms. The number of benzene rings is 3. The zero-order chi connectivity index (χ0) is 22.8. The van der Waals surface area contributed by atoms with Crippen LogP contribution in [0.1, 0.15) is 39.5 Å². The molecule has 6 nitrogen and oxygen atoms in total. The maximum Gasteiger partial charge on any atom is 0.362 e. The van der Waals surface area contributed by atoms with E-state index in [1.807, 2.05) is 13.8 Å². The van der Waals surface area contributed by atoms with Crippen molar-refractivity contribution in [2.75, 3.05) is 6.35 Å². The van der Waals surface area contributed by atoms with Crippen molar-refractivity contribution in [2.45, 2.75) is 26.4 Å². The van der Waals surface area contributed by atoms with Gasteiger partial charge in [-0.15, -0.1) is 0 Å². The summed E-state index contributed by atoms with van der Waals surface area (Å²) in [6, 6.07) is 13.9. The maximum atomic E-state index is 13.2. The summed E-state index contributed by atoms with van der Waals surface area (Å²) in [5.74, 6) is -0.0940. The Morgan fingerprint density at radius 1 is 1.00 bits per heavy atom. The summed E-state index contributed by atoms with van der Waals surface area (Å²) in [5, 5.41) is 20.9. The van der Waals surface area contributed by atoms with E-state index in [2.05, 4.69) is 0 Å². The minimum absolute atomic E-state index is 0.0600. The Balaban J connectivity index is 1.85. The number of aromatic hydroxyl groups is 1. The van der Waals surface area contributed by atoms with E-state index in [0.29, 0.717) is 23.3 Å². The molecule has 0 radical (unpaired) electrons. The van der Waals surface area contributed by atoms with Crippen LogP contribution in [0.3, 0.4) is 0 Å². The van der Waals surface area contributed by atoms with Gasteiger partial charge in [-0.2, -0.15) is 0 Å². The molecular weight excluding hydrogens is 422 g/mol. The van der Waals surface area contributed by atoms with Gasteiger partial charge in [0.15, 0.2) is 6.35 Å². The van der Waals surface area contributed by atoms with Crippen LogP contribution in [-0.2, 0) is 11.0 Å². The van der Waals surface area contributed by atoms with E-state index >= 15 is 0 Å². The molecule has 0 amide bonds. The number of aryl methyl sites for hydroxylation is 2. The second-order valence-corrected chi connectivity index (χ2v) is 9.09. The van der Waals surface area contributed by atoms with Crippen LogP contribution in [0.5, 0.6) is 11.5 Å². The third-order valence-corrected chi connectivity index (χ3v) is 5.49. The number of aliphatic hydroxyl groups is 1. The van der Waals surface area contributed by atoms with Crippen LogP contribution in [0, 0.1) is 19.7 Å². The van der Waals surface area contributed by atoms with Crippen molar-refractivity contribution >= 4 is 7.60 Å². The van der Waals surface area contributed by atoms with Crippen LogP contribution >= 0.6 is 7.60 Å². The van der Waals surface area contributed by atoms with Gasteiger partial charge in [0.25, 0.3) is 0 Å². The summed E-state index contributed by atoms with van der Waals surface area (Å²) in [6.45, 7) is 3.75. The fourth-order valence-corrected chi connectivity index (χ4v) is 3.75. The quantitative estimate of drug-likeness (QED) is 0.403. The molecule has 0 heterocycles. The highest BCUT2D eigenvalue weighted by atomic mass is 31.2. The average Bonchev–Trinajstić information content (AvgIpc) is 2.70. The third-order valence-electron chi connectivity index (χ3n) is 5.02. The average molecular weight is 446 g/mol. The molecule has 0 aliphatic carbocycles. The van der Waals surface area contributed by atoms with Crippen molar-refractivity contribution in [3.8, 4) is 11.5 Å². The molecule has 0 aromatic heterocycles. The molecule has 0 aliphatic heterocycles. The molecule has 0 aliphatic rings. The van der Waals surface area contributed by atoms with E-state index in [9.17, 15) is 19.2 Å². The number of rotatable bonds is 7. The van der Waals surface area contributed by atoms with Crippen molar-refractivity contribution in [2.24, 2.45) is 0 Å². The molecule has 0 saturated carbocycles. The fourth-order valence-electron chi connectivity index (χ4n) is 3.44. The minimum Gasteiger partial charge on any atom is -0.508 e. The van der Waals surface area contributed by atoms with E-state index in [-0.39, 0.29) is 5.75 Å². The first kappa shape index (κ1) is 23.0. The first-order chi connectivity index (χ1) is 14.5. The van der Waals surface area contributed by atoms with Crippen LogP contribution in [0.25, 0.3) is 0 Å². The second kappa shape index (κ2) is 9.20. The molecule has 0 fully saturated rings. The summed E-state index contributed by atoms with van der Waals surface area (Å²) in [6.07, 6.45) is -1.28. The lowest BCUT2D eigenvalue weighted by molar-refractivity contribution is 0.215. The number of phenols is 1. The van der Waals surface area contributed by atoms with E-state index in [0.717, 1.165) is 22.3 Å². The van der Waals surface area contributed by atoms with Gasteiger partial charge in [-0.1, -0.05) is 18.2 Å². The number of aliphatic hydroxyl groups excluding tert-OH is 1. The van der Waals surface area contributed by atoms with Crippen molar-refractivity contribution in [1.82, 2.24) is 0 Å². The largest absolute Gasteiger partial charge is 0.508 e. The molecule has 3 aromatic rings. The smallest absolute Gasteiger partial charge is 0.362 e. The summed E-state index contributed by atoms with van der Waals surface area (Å²) >= 11 is 0. The zero-order valence-electron chi connectivity index (χ0n) is 17.1. The van der Waals surface area contributed by atoms with Gasteiger partial charge in [0.1, 0.15) is 23.4 Å². The number of halogens is 1. The molecule has 0 bridgehead atoms. The Labute approximate surface area is 179 Å². The predicted molar refractivity (Wildman–Crippen MR) is 115 cm³/mol. The summed E-state index contributed by atoms with van der Waals surface area (Å²) in [5.41, 5.74) is 4.40. The first-order valence-electron chi connectivity index (χ1n) is 9.56. The van der Waals surface area contributed by atoms with Crippen LogP contribution in [0.15, 0.2) is 54.6 Å². The van der Waals surface area contributed by atoms with Gasteiger partial charge in [-0.25, -0.2) is 4.39 Å². The molecule has 4 N–H and O–H groups in total. The minimum atomic E-state index is -4.27. The highest BCUT2D eigenvalue weighted by Gasteiger charge is 2.17. The van der Waals surface area contributed by atoms with Crippen molar-refractivity contribution in [3.63, 3.8) is 0 Å². The monoisotopic (exact) mass is 446 g/mol. The maximum absolute atomic E-state index is 13.2. The molecular formula is C23H24FO6P. The number of phenolic OH excluding ortho intramolecular Hbond substituents is 1. The van der Waals surface area contributed by atoms with E-state index in [4.69, 9.17) is 14.5 Å². The summed E-state index contributed by atoms with van der Waals surface area (Å²) in [4.78, 5) is 18.0. The Morgan fingerprint density at radius 3 is 2.19 bits per heavy atom. The number of hydrogen-bond acceptors (Lipinski definition) is 4. The van der Waals surface area contributed by atoms with Gasteiger partial charge in [0, 0.05) is 5.56 Å². The van der Waals surface area contributed by atoms with Gasteiger partial charge < -0.3 is 24.7 Å². The van der Waals surface area contributed by atoms with Gasteiger partial charge in [0.2, 0.25) is 0 Å². The van der Waals surface area contributed by atoms with Gasteiger partial charge >= 0.3 is 7.60 Å². The third kappa shape index (κ3) is 5.93. The molecule has 3 rings (SSSR count). The Bertz CT molecular complexity index is 1100. The lowest BCUT2D eigenvalue weighted by atomic mass is 9.93. The summed E-state index contributed by atoms with van der Waals surface area (Å²) in [7, 11) is -4.27. The van der Waals surface area contributed by atoms with E-state index in [1.165, 1.54) is 30.3 Å². The standard InChI is InChI=1S/C23H24FO6P/c1-14-9-19(30-13-31(27,28)29)10-15(2)20(14)11-16-3-8-22(25)21(12-16)23(26)17-4-6-18(24)7-5-17/h3-10,12,23,25-26H,11,13H2,1-2H3,(H2,27,28,29). The highest BCUT2D eigenvalue weighted by Crippen LogP contribution is 2.36. The van der Waals surface area contributed by atoms with Crippen LogP contribution < -0.4 is 4.74 Å². The molecule has 1 unspecified atom stereocenters. The van der Waals surface area contributed by atoms with Gasteiger partial charge in [-0.3, -0.25) is 4.57 Å². The highest BCUT2D eigenvalue weighted by molar-refractivity contribution is 7.51. The molecule has 164 valence electrons. The van der Waals surface area contributed by atoms with Crippen LogP contribution in [0.4, 0.5) is 4.39 Å². The fraction of sp³-hybridized carbons (Fsp3) is 0.217. The topological polar surface area (TPSA) is 107 Å². The predicted octanol–water partition coefficient (Wildman–Crippen LogP) is 4.33. The van der Waals surface area contributed by atoms with Crippen molar-refractivity contribution in [1.29, 1.82) is 0 Å². The number of hydrogen-bond donors (Lipinski definition) is 4. The van der Waals surface area contributed by atoms with Crippen LogP contribution in [0.2, 0.25) is 0 Å². The van der Waals surface area contributed by atoms with E-state index < -0.39 is 25.9 Å². The lowest BCUT2D eigenvalue weighted by Gasteiger charge is -2.17. The van der Waals surface area contributed by atoms with Crippen molar-refractivity contribution < 1.29 is 33.7 Å². The second-order valence-electron chi connectivity index (χ2n) is 7.50. The van der Waals surface area contributed by atoms with Crippen LogP contribution in [-0.4, -0.2) is 26.3 Å². The number of ether oxygens (including phenoxy) is 1. The Hall–Kier alpha value is -2.70. The Morgan fingerprint density at radius 2 is 1.61 bits per heavy atom. The molecule has 3 aromatic carbocycles. The van der Waals surface area contributed by atoms with Gasteiger partial charge in [0.05, 0.1) is 0 Å². The molecule has 0 spiro atoms. The Kier molecular flexibility index (Phi) is 6.82. The normalized spacial score (nSPS) is 12.6. The van der Waals surface area contributed by atoms with E-state index in [1.54, 1.807) is 24.3 Å². The molecule has 1 atom stereocenters. The summed E-state index contributed by atoms with van der Waals surface area (Å²) < 4.78 is 29.4. The molecule has 0 saturated heterocycles.